The van der Waals surface area contributed by atoms with E-state index in [2.05, 4.69) is 27.0 Å². The lowest BCUT2D eigenvalue weighted by atomic mass is 10.2. The second-order valence-corrected chi connectivity index (χ2v) is 3.07. The first-order valence-corrected chi connectivity index (χ1v) is 4.16. The smallest absolute Gasteiger partial charge is 0.113 e. The van der Waals surface area contributed by atoms with Gasteiger partial charge in [0, 0.05) is 11.6 Å². The zero-order chi connectivity index (χ0) is 7.68. The summed E-state index contributed by atoms with van der Waals surface area (Å²) >= 11 is 3.39. The normalized spacial score (nSPS) is 9.42. The Morgan fingerprint density at radius 1 is 1.08 bits per heavy atom. The fraction of sp³-hybridized carbons (Fsp3) is 0. The topological polar surface area (TPSA) is 47.9 Å². The maximum absolute atomic E-state index is 4.12. The number of nitrogens with zero attached hydrogens (tertiary/aromatic N) is 1. The molecule has 0 aliphatic heterocycles. The molecule has 2 rings (SSSR count). The Kier molecular flexibility index (Phi) is 2.78. The summed E-state index contributed by atoms with van der Waals surface area (Å²) in [6.07, 6.45) is 1.80. The lowest BCUT2D eigenvalue weighted by Crippen LogP contribution is -1.76. The molecule has 0 amide bonds. The van der Waals surface area contributed by atoms with E-state index in [9.17, 15) is 0 Å². The van der Waals surface area contributed by atoms with Crippen LogP contribution in [0.2, 0.25) is 0 Å². The Morgan fingerprint density at radius 2 is 1.83 bits per heavy atom. The van der Waals surface area contributed by atoms with Crippen LogP contribution in [0.3, 0.4) is 0 Å². The van der Waals surface area contributed by atoms with Gasteiger partial charge in [-0.3, -0.25) is 0 Å². The second-order valence-electron chi connectivity index (χ2n) is 2.32. The summed E-state index contributed by atoms with van der Waals surface area (Å²) in [7, 11) is 0. The molecule has 0 fully saturated rings. The van der Waals surface area contributed by atoms with Crippen molar-refractivity contribution in [2.24, 2.45) is 0 Å². The minimum absolute atomic E-state index is 0. The van der Waals surface area contributed by atoms with E-state index in [1.54, 1.807) is 6.20 Å². The van der Waals surface area contributed by atoms with Gasteiger partial charge in [0.05, 0.1) is 0 Å². The molecule has 3 heteroatoms. The van der Waals surface area contributed by atoms with E-state index in [4.69, 9.17) is 0 Å². The Labute approximate surface area is 79.3 Å². The highest BCUT2D eigenvalue weighted by molar-refractivity contribution is 9.10. The molecule has 0 aliphatic rings. The maximum atomic E-state index is 4.12. The second kappa shape index (κ2) is 3.65. The summed E-state index contributed by atoms with van der Waals surface area (Å²) in [5.74, 6) is 0. The molecule has 0 saturated carbocycles. The lowest BCUT2D eigenvalue weighted by molar-refractivity contribution is 1.31. The highest BCUT2D eigenvalue weighted by Crippen LogP contribution is 2.20. The summed E-state index contributed by atoms with van der Waals surface area (Å²) in [5, 5.41) is 2.38. The molecule has 1 aromatic heterocycles. The summed E-state index contributed by atoms with van der Waals surface area (Å²) in [4.78, 5) is 4.12. The van der Waals surface area contributed by atoms with Gasteiger partial charge in [0.15, 0.2) is 0 Å². The van der Waals surface area contributed by atoms with Crippen molar-refractivity contribution in [2.75, 3.05) is 0 Å². The molecule has 0 bridgehead atoms. The van der Waals surface area contributed by atoms with Crippen molar-refractivity contribution in [1.82, 2.24) is 11.1 Å². The molecule has 0 saturated heterocycles. The average molecular weight is 225 g/mol. The van der Waals surface area contributed by atoms with Gasteiger partial charge in [0.25, 0.3) is 0 Å². The molecular weight excluding hydrogens is 216 g/mol. The average Bonchev–Trinajstić information content (AvgIpc) is 2.06. The zero-order valence-corrected chi connectivity index (χ0v) is 8.08. The Morgan fingerprint density at radius 3 is 2.58 bits per heavy atom. The monoisotopic (exact) mass is 224 g/mol. The third-order valence-corrected chi connectivity index (χ3v) is 2.26. The molecule has 12 heavy (non-hydrogen) atoms. The maximum Gasteiger partial charge on any atom is 0.113 e. The van der Waals surface area contributed by atoms with Crippen LogP contribution in [0.1, 0.15) is 0 Å². The standard InChI is InChI=1S/C9H6BrN.H3N/c10-9-8-4-2-1-3-7(8)5-6-11-9;/h1-6H;1H3. The van der Waals surface area contributed by atoms with Crippen LogP contribution in [0.25, 0.3) is 10.8 Å². The number of halogens is 1. The van der Waals surface area contributed by atoms with E-state index in [1.807, 2.05) is 24.3 Å². The number of rotatable bonds is 0. The highest BCUT2D eigenvalue weighted by Gasteiger charge is 1.95. The minimum atomic E-state index is 0. The summed E-state index contributed by atoms with van der Waals surface area (Å²) in [5.41, 5.74) is 0. The molecule has 1 aromatic carbocycles. The van der Waals surface area contributed by atoms with E-state index in [-0.39, 0.29) is 6.15 Å². The third-order valence-electron chi connectivity index (χ3n) is 1.63. The first kappa shape index (κ1) is 9.16. The summed E-state index contributed by atoms with van der Waals surface area (Å²) < 4.78 is 0.913. The zero-order valence-electron chi connectivity index (χ0n) is 6.50. The van der Waals surface area contributed by atoms with Gasteiger partial charge in [0.2, 0.25) is 0 Å². The fourth-order valence-corrected chi connectivity index (χ4v) is 1.56. The van der Waals surface area contributed by atoms with Crippen molar-refractivity contribution in [1.29, 1.82) is 0 Å². The van der Waals surface area contributed by atoms with Crippen molar-refractivity contribution in [3.05, 3.63) is 41.1 Å². The molecule has 0 atom stereocenters. The van der Waals surface area contributed by atoms with Gasteiger partial charge in [-0.05, 0) is 27.4 Å². The molecule has 0 radical (unpaired) electrons. The van der Waals surface area contributed by atoms with Crippen LogP contribution in [0, 0.1) is 0 Å². The van der Waals surface area contributed by atoms with E-state index in [1.165, 1.54) is 5.39 Å². The van der Waals surface area contributed by atoms with E-state index < -0.39 is 0 Å². The van der Waals surface area contributed by atoms with Crippen LogP contribution in [0.15, 0.2) is 41.1 Å². The van der Waals surface area contributed by atoms with Gasteiger partial charge >= 0.3 is 0 Å². The van der Waals surface area contributed by atoms with Gasteiger partial charge in [-0.15, -0.1) is 0 Å². The van der Waals surface area contributed by atoms with Crippen LogP contribution in [0.5, 0.6) is 0 Å². The number of hydrogen-bond donors (Lipinski definition) is 1. The van der Waals surface area contributed by atoms with E-state index in [0.717, 1.165) is 9.99 Å². The Hall–Kier alpha value is -0.930. The largest absolute Gasteiger partial charge is 0.344 e. The van der Waals surface area contributed by atoms with Gasteiger partial charge in [-0.1, -0.05) is 24.3 Å². The number of fused-ring (bicyclic) bond motifs is 1. The predicted octanol–water partition coefficient (Wildman–Crippen LogP) is 3.16. The Bertz CT molecular complexity index is 382. The van der Waals surface area contributed by atoms with Crippen molar-refractivity contribution >= 4 is 26.7 Å². The molecule has 62 valence electrons. The van der Waals surface area contributed by atoms with Crippen molar-refractivity contribution < 1.29 is 0 Å². The molecule has 2 aromatic rings. The SMILES string of the molecule is Brc1nccc2ccccc12.N. The molecule has 3 N–H and O–H groups in total. The van der Waals surface area contributed by atoms with Gasteiger partial charge in [0.1, 0.15) is 4.60 Å². The number of pyridine rings is 1. The molecular formula is C9H9BrN2. The first-order chi connectivity index (χ1) is 5.38. The van der Waals surface area contributed by atoms with Crippen LogP contribution in [-0.2, 0) is 0 Å². The fourth-order valence-electron chi connectivity index (χ4n) is 1.08. The van der Waals surface area contributed by atoms with Gasteiger partial charge in [-0.25, -0.2) is 4.98 Å². The predicted molar refractivity (Wildman–Crippen MR) is 54.5 cm³/mol. The number of aromatic nitrogens is 1. The minimum Gasteiger partial charge on any atom is -0.344 e. The molecule has 0 unspecified atom stereocenters. The van der Waals surface area contributed by atoms with Gasteiger partial charge < -0.3 is 6.15 Å². The number of benzene rings is 1. The van der Waals surface area contributed by atoms with Crippen LogP contribution >= 0.6 is 15.9 Å². The van der Waals surface area contributed by atoms with Crippen molar-refractivity contribution in [3.63, 3.8) is 0 Å². The molecule has 2 nitrogen and oxygen atoms in total. The first-order valence-electron chi connectivity index (χ1n) is 3.37. The Balaban J connectivity index is 0.000000720. The highest BCUT2D eigenvalue weighted by atomic mass is 79.9. The van der Waals surface area contributed by atoms with Crippen LogP contribution in [0.4, 0.5) is 0 Å². The lowest BCUT2D eigenvalue weighted by Gasteiger charge is -1.96. The van der Waals surface area contributed by atoms with E-state index >= 15 is 0 Å². The summed E-state index contributed by atoms with van der Waals surface area (Å²) in [6, 6.07) is 10.2. The third kappa shape index (κ3) is 1.47. The van der Waals surface area contributed by atoms with Crippen molar-refractivity contribution in [3.8, 4) is 0 Å². The van der Waals surface area contributed by atoms with Crippen LogP contribution in [-0.4, -0.2) is 4.98 Å². The van der Waals surface area contributed by atoms with Gasteiger partial charge in [-0.2, -0.15) is 0 Å². The van der Waals surface area contributed by atoms with Crippen molar-refractivity contribution in [2.45, 2.75) is 0 Å². The molecule has 0 aliphatic carbocycles. The molecule has 0 spiro atoms. The quantitative estimate of drug-likeness (QED) is 0.700. The molecule has 1 heterocycles. The summed E-state index contributed by atoms with van der Waals surface area (Å²) in [6.45, 7) is 0. The van der Waals surface area contributed by atoms with Crippen LogP contribution < -0.4 is 6.15 Å². The van der Waals surface area contributed by atoms with E-state index in [0.29, 0.717) is 0 Å². The number of hydrogen-bond acceptors (Lipinski definition) is 2.